The van der Waals surface area contributed by atoms with Crippen molar-refractivity contribution in [2.24, 2.45) is 0 Å². The fourth-order valence-electron chi connectivity index (χ4n) is 2.62. The predicted octanol–water partition coefficient (Wildman–Crippen LogP) is 5.55. The summed E-state index contributed by atoms with van der Waals surface area (Å²) in [5, 5.41) is 3.40. The lowest BCUT2D eigenvalue weighted by Crippen LogP contribution is -2.20. The van der Waals surface area contributed by atoms with Gasteiger partial charge in [0, 0.05) is 14.9 Å². The minimum atomic E-state index is -0.259. The van der Waals surface area contributed by atoms with Crippen LogP contribution in [0.2, 0.25) is 0 Å². The molecule has 3 rings (SSSR count). The van der Waals surface area contributed by atoms with E-state index < -0.39 is 0 Å². The van der Waals surface area contributed by atoms with Crippen LogP contribution < -0.4 is 14.8 Å². The number of benzene rings is 2. The molecule has 0 aliphatic heterocycles. The first-order valence-corrected chi connectivity index (χ1v) is 10.6. The van der Waals surface area contributed by atoms with Crippen molar-refractivity contribution in [1.29, 1.82) is 0 Å². The molecule has 0 saturated carbocycles. The van der Waals surface area contributed by atoms with Gasteiger partial charge >= 0.3 is 0 Å². The molecule has 1 N–H and O–H groups in total. The highest BCUT2D eigenvalue weighted by Crippen LogP contribution is 2.32. The van der Waals surface area contributed by atoms with E-state index in [9.17, 15) is 4.79 Å². The molecule has 3 aromatic rings. The zero-order valence-electron chi connectivity index (χ0n) is 15.7. The van der Waals surface area contributed by atoms with E-state index in [0.29, 0.717) is 23.2 Å². The smallest absolute Gasteiger partial charge is 0.264 e. The number of anilines is 1. The highest BCUT2D eigenvalue weighted by Gasteiger charge is 2.14. The van der Waals surface area contributed by atoms with Gasteiger partial charge in [0.05, 0.1) is 12.3 Å². The molecule has 0 saturated heterocycles. The Labute approximate surface area is 176 Å². The molecule has 5 nitrogen and oxygen atoms in total. The normalized spacial score (nSPS) is 10.5. The maximum atomic E-state index is 12.3. The molecule has 7 heteroatoms. The van der Waals surface area contributed by atoms with Crippen molar-refractivity contribution in [2.45, 2.75) is 20.3 Å². The number of thiazole rings is 1. The molecule has 0 spiro atoms. The second-order valence-corrected chi connectivity index (χ2v) is 7.87. The maximum Gasteiger partial charge on any atom is 0.264 e. The van der Waals surface area contributed by atoms with Crippen LogP contribution in [0.3, 0.4) is 0 Å². The van der Waals surface area contributed by atoms with Gasteiger partial charge in [0.1, 0.15) is 0 Å². The van der Waals surface area contributed by atoms with Crippen molar-refractivity contribution in [3.8, 4) is 22.8 Å². The Kier molecular flexibility index (Phi) is 7.06. The van der Waals surface area contributed by atoms with E-state index >= 15 is 0 Å². The van der Waals surface area contributed by atoms with E-state index in [1.807, 2.05) is 49.4 Å². The van der Waals surface area contributed by atoms with Crippen LogP contribution in [0.25, 0.3) is 11.3 Å². The van der Waals surface area contributed by atoms with Gasteiger partial charge in [-0.2, -0.15) is 0 Å². The molecule has 0 radical (unpaired) electrons. The Morgan fingerprint density at radius 1 is 1.07 bits per heavy atom. The number of rotatable bonds is 8. The van der Waals surface area contributed by atoms with Crippen LogP contribution >= 0.6 is 27.3 Å². The van der Waals surface area contributed by atoms with Crippen molar-refractivity contribution in [1.82, 2.24) is 4.98 Å². The summed E-state index contributed by atoms with van der Waals surface area (Å²) in [4.78, 5) is 18.1. The average molecular weight is 461 g/mol. The Morgan fingerprint density at radius 2 is 1.75 bits per heavy atom. The number of hydrogen-bond acceptors (Lipinski definition) is 5. The predicted molar refractivity (Wildman–Crippen MR) is 116 cm³/mol. The first-order chi connectivity index (χ1) is 13.6. The molecule has 146 valence electrons. The van der Waals surface area contributed by atoms with Gasteiger partial charge in [-0.1, -0.05) is 47.1 Å². The quantitative estimate of drug-likeness (QED) is 0.478. The molecule has 0 unspecified atom stereocenters. The number of nitrogens with zero attached hydrogens (tertiary/aromatic N) is 1. The largest absolute Gasteiger partial charge is 0.490 e. The molecule has 28 heavy (non-hydrogen) atoms. The van der Waals surface area contributed by atoms with Crippen LogP contribution in [-0.4, -0.2) is 24.1 Å². The zero-order valence-corrected chi connectivity index (χ0v) is 18.1. The van der Waals surface area contributed by atoms with Gasteiger partial charge in [-0.05, 0) is 37.6 Å². The Morgan fingerprint density at radius 3 is 2.39 bits per heavy atom. The van der Waals surface area contributed by atoms with Crippen LogP contribution in [0.5, 0.6) is 11.5 Å². The van der Waals surface area contributed by atoms with Gasteiger partial charge in [-0.3, -0.25) is 10.1 Å². The summed E-state index contributed by atoms with van der Waals surface area (Å²) in [6.45, 7) is 4.40. The molecule has 0 bridgehead atoms. The number of ether oxygens (including phenoxy) is 2. The van der Waals surface area contributed by atoms with Crippen molar-refractivity contribution < 1.29 is 14.3 Å². The van der Waals surface area contributed by atoms with Gasteiger partial charge in [0.25, 0.3) is 5.91 Å². The monoisotopic (exact) mass is 460 g/mol. The number of nitrogens with one attached hydrogen (secondary N) is 1. The summed E-state index contributed by atoms with van der Waals surface area (Å²) in [6.07, 6.45) is 0.844. The molecule has 0 aliphatic rings. The summed E-state index contributed by atoms with van der Waals surface area (Å²) < 4.78 is 12.1. The second-order valence-electron chi connectivity index (χ2n) is 5.87. The Hall–Kier alpha value is -2.38. The van der Waals surface area contributed by atoms with Gasteiger partial charge < -0.3 is 9.47 Å². The van der Waals surface area contributed by atoms with Gasteiger partial charge in [0.15, 0.2) is 23.2 Å². The SMILES string of the molecule is CCOc1ccccc1OCC(=O)Nc1nc(-c2ccc(Br)cc2)c(CC)s1. The first kappa shape index (κ1) is 20.4. The average Bonchev–Trinajstić information content (AvgIpc) is 3.11. The number of halogens is 1. The third-order valence-corrected chi connectivity index (χ3v) is 5.53. The first-order valence-electron chi connectivity index (χ1n) is 9.00. The number of para-hydroxylation sites is 2. The summed E-state index contributed by atoms with van der Waals surface area (Å²) in [7, 11) is 0. The van der Waals surface area contributed by atoms with Gasteiger partial charge in [0.2, 0.25) is 0 Å². The molecule has 0 aliphatic carbocycles. The van der Waals surface area contributed by atoms with Crippen LogP contribution in [0.4, 0.5) is 5.13 Å². The van der Waals surface area contributed by atoms with Crippen LogP contribution in [-0.2, 0) is 11.2 Å². The summed E-state index contributed by atoms with van der Waals surface area (Å²) >= 11 is 4.93. The number of aromatic nitrogens is 1. The van der Waals surface area contributed by atoms with Crippen molar-refractivity contribution in [3.05, 3.63) is 57.9 Å². The van der Waals surface area contributed by atoms with Crippen molar-refractivity contribution in [2.75, 3.05) is 18.5 Å². The molecule has 0 fully saturated rings. The summed E-state index contributed by atoms with van der Waals surface area (Å²) in [5.74, 6) is 0.909. The molecule has 0 atom stereocenters. The number of hydrogen-bond donors (Lipinski definition) is 1. The molecule has 1 heterocycles. The van der Waals surface area contributed by atoms with Crippen LogP contribution in [0.15, 0.2) is 53.0 Å². The van der Waals surface area contributed by atoms with E-state index in [1.165, 1.54) is 11.3 Å². The number of amides is 1. The van der Waals surface area contributed by atoms with Crippen molar-refractivity contribution >= 4 is 38.3 Å². The topological polar surface area (TPSA) is 60.5 Å². The molecule has 2 aromatic carbocycles. The Bertz CT molecular complexity index is 941. The Balaban J connectivity index is 1.67. The lowest BCUT2D eigenvalue weighted by molar-refractivity contribution is -0.118. The highest BCUT2D eigenvalue weighted by atomic mass is 79.9. The van der Waals surface area contributed by atoms with E-state index in [-0.39, 0.29) is 12.5 Å². The van der Waals surface area contributed by atoms with E-state index in [2.05, 4.69) is 33.2 Å². The highest BCUT2D eigenvalue weighted by molar-refractivity contribution is 9.10. The van der Waals surface area contributed by atoms with E-state index in [4.69, 9.17) is 9.47 Å². The third kappa shape index (κ3) is 5.11. The summed E-state index contributed by atoms with van der Waals surface area (Å²) in [6, 6.07) is 15.3. The molecular formula is C21H21BrN2O3S. The lowest BCUT2D eigenvalue weighted by atomic mass is 10.1. The zero-order chi connectivity index (χ0) is 19.9. The third-order valence-electron chi connectivity index (χ3n) is 3.89. The van der Waals surface area contributed by atoms with Gasteiger partial charge in [-0.15, -0.1) is 11.3 Å². The molecule has 1 aromatic heterocycles. The lowest BCUT2D eigenvalue weighted by Gasteiger charge is -2.10. The maximum absolute atomic E-state index is 12.3. The van der Waals surface area contributed by atoms with Crippen LogP contribution in [0.1, 0.15) is 18.7 Å². The van der Waals surface area contributed by atoms with Gasteiger partial charge in [-0.25, -0.2) is 4.98 Å². The standard InChI is InChI=1S/C21H21BrN2O3S/c1-3-18-20(14-9-11-15(22)12-10-14)24-21(28-18)23-19(25)13-27-17-8-6-5-7-16(17)26-4-2/h5-12H,3-4,13H2,1-2H3,(H,23,24,25). The van der Waals surface area contributed by atoms with Crippen LogP contribution in [0, 0.1) is 0 Å². The van der Waals surface area contributed by atoms with E-state index in [1.54, 1.807) is 6.07 Å². The fourth-order valence-corrected chi connectivity index (χ4v) is 3.82. The minimum absolute atomic E-state index is 0.112. The molecular weight excluding hydrogens is 440 g/mol. The second kappa shape index (κ2) is 9.71. The molecule has 1 amide bonds. The summed E-state index contributed by atoms with van der Waals surface area (Å²) in [5.41, 5.74) is 1.93. The number of aryl methyl sites for hydroxylation is 1. The number of carbonyl (C=O) groups is 1. The van der Waals surface area contributed by atoms with E-state index in [0.717, 1.165) is 27.0 Å². The number of carbonyl (C=O) groups excluding carboxylic acids is 1. The van der Waals surface area contributed by atoms with Crippen molar-refractivity contribution in [3.63, 3.8) is 0 Å². The minimum Gasteiger partial charge on any atom is -0.490 e. The fraction of sp³-hybridized carbons (Fsp3) is 0.238.